The van der Waals surface area contributed by atoms with Crippen molar-refractivity contribution in [3.8, 4) is 30.6 Å². The van der Waals surface area contributed by atoms with E-state index in [1.54, 1.807) is 35.1 Å². The Morgan fingerprint density at radius 1 is 0.378 bits per heavy atom. The summed E-state index contributed by atoms with van der Waals surface area (Å²) in [7, 11) is 0. The molecule has 0 saturated heterocycles. The summed E-state index contributed by atoms with van der Waals surface area (Å²) >= 11 is 3.47. The van der Waals surface area contributed by atoms with E-state index in [-0.39, 0.29) is 23.6 Å². The van der Waals surface area contributed by atoms with Crippen LogP contribution in [0.2, 0.25) is 0 Å². The summed E-state index contributed by atoms with van der Waals surface area (Å²) in [5.41, 5.74) is 8.79. The Kier molecular flexibility index (Phi) is 18.9. The molecule has 10 nitrogen and oxygen atoms in total. The molecule has 6 aromatic rings. The number of carbonyl (C=O) groups is 4. The lowest BCUT2D eigenvalue weighted by Gasteiger charge is -2.24. The molecule has 0 N–H and O–H groups in total. The van der Waals surface area contributed by atoms with Crippen molar-refractivity contribution in [2.24, 2.45) is 23.7 Å². The number of thiophene rings is 2. The highest BCUT2D eigenvalue weighted by atomic mass is 32.1. The maximum atomic E-state index is 15.2. The van der Waals surface area contributed by atoms with Gasteiger partial charge in [-0.2, -0.15) is 0 Å². The van der Waals surface area contributed by atoms with Gasteiger partial charge in [-0.15, -0.1) is 22.7 Å². The molecule has 4 amide bonds. The fraction of sp³-hybridized carbons (Fsp3) is 0.457. The zero-order valence-corrected chi connectivity index (χ0v) is 51.5. The molecule has 2 aromatic carbocycles. The van der Waals surface area contributed by atoms with Crippen molar-refractivity contribution < 1.29 is 19.2 Å². The number of unbranched alkanes of at least 4 members (excludes halogenated alkanes) is 4. The second-order valence-corrected chi connectivity index (χ2v) is 25.5. The highest BCUT2D eigenvalue weighted by Gasteiger charge is 2.46. The van der Waals surface area contributed by atoms with Gasteiger partial charge in [-0.25, -0.2) is 9.97 Å². The van der Waals surface area contributed by atoms with Gasteiger partial charge < -0.3 is 9.80 Å². The standard InChI is InChI=1S/C70H84N6O4S2/c1-9-17-23-45(13-5)41-73-55-39-49(29-31-51(55)61(67(73)77)63-53-27-21-37-71-65(53)75(69(63)79)43-47(15-7)25-19-11-3)57-33-35-59(81-57)60-36-34-58(82-60)50-30-32-52-56(40-50)74(42-46(14-6)24-18-10-2)68(78)62(52)64-54-28-22-38-72-66(54)76(70(64)80)44-48(16-8)26-20-12-4/h21-22,27-40,45-48H,9-20,23-26,41-44H2,1-8H3/b63-61-,64-62+. The van der Waals surface area contributed by atoms with Crippen LogP contribution in [0.25, 0.3) is 52.9 Å². The summed E-state index contributed by atoms with van der Waals surface area (Å²) in [6.45, 7) is 20.0. The van der Waals surface area contributed by atoms with Crippen molar-refractivity contribution in [2.45, 2.75) is 158 Å². The molecule has 0 aliphatic carbocycles. The highest BCUT2D eigenvalue weighted by molar-refractivity contribution is 7.25. The summed E-state index contributed by atoms with van der Waals surface area (Å²) in [5, 5.41) is 0. The quantitative estimate of drug-likeness (QED) is 0.0476. The molecule has 82 heavy (non-hydrogen) atoms. The molecule has 0 saturated carbocycles. The van der Waals surface area contributed by atoms with E-state index in [4.69, 9.17) is 9.97 Å². The van der Waals surface area contributed by atoms with Gasteiger partial charge in [-0.1, -0.05) is 157 Å². The van der Waals surface area contributed by atoms with Crippen molar-refractivity contribution in [2.75, 3.05) is 45.8 Å². The second-order valence-electron chi connectivity index (χ2n) is 23.4. The zero-order valence-electron chi connectivity index (χ0n) is 49.8. The number of benzene rings is 2. The molecule has 0 spiro atoms. The average Bonchev–Trinajstić information content (AvgIpc) is 4.45. The molecule has 430 valence electrons. The van der Waals surface area contributed by atoms with Gasteiger partial charge in [-0.3, -0.25) is 29.0 Å². The maximum absolute atomic E-state index is 15.2. The van der Waals surface area contributed by atoms with Crippen molar-refractivity contribution in [3.05, 3.63) is 120 Å². The van der Waals surface area contributed by atoms with Gasteiger partial charge >= 0.3 is 0 Å². The summed E-state index contributed by atoms with van der Waals surface area (Å²) in [5.74, 6) is 2.17. The first-order chi connectivity index (χ1) is 40.0. The third-order valence-corrected chi connectivity index (χ3v) is 20.5. The summed E-state index contributed by atoms with van der Waals surface area (Å²) in [4.78, 5) is 81.7. The van der Waals surface area contributed by atoms with Crippen LogP contribution in [0.3, 0.4) is 0 Å². The van der Waals surface area contributed by atoms with Gasteiger partial charge in [0.1, 0.15) is 11.6 Å². The number of pyridine rings is 2. The second kappa shape index (κ2) is 26.4. The molecule has 4 aromatic heterocycles. The molecular weight excluding hydrogens is 1050 g/mol. The van der Waals surface area contributed by atoms with E-state index in [0.29, 0.717) is 83.8 Å². The first-order valence-electron chi connectivity index (χ1n) is 31.2. The Morgan fingerprint density at radius 3 is 1.04 bits per heavy atom. The lowest BCUT2D eigenvalue weighted by atomic mass is 9.96. The van der Waals surface area contributed by atoms with Gasteiger partial charge in [0, 0.05) is 80.3 Å². The predicted octanol–water partition coefficient (Wildman–Crippen LogP) is 17.7. The fourth-order valence-electron chi connectivity index (χ4n) is 12.9. The molecule has 0 radical (unpaired) electrons. The predicted molar refractivity (Wildman–Crippen MR) is 343 cm³/mol. The van der Waals surface area contributed by atoms with Crippen molar-refractivity contribution in [1.29, 1.82) is 0 Å². The number of carbonyl (C=O) groups excluding carboxylic acids is 4. The van der Waals surface area contributed by atoms with Crippen molar-refractivity contribution in [3.63, 3.8) is 0 Å². The topological polar surface area (TPSA) is 107 Å². The number of nitrogens with zero attached hydrogens (tertiary/aromatic N) is 6. The van der Waals surface area contributed by atoms with Crippen LogP contribution in [-0.4, -0.2) is 59.8 Å². The minimum atomic E-state index is -0.130. The minimum Gasteiger partial charge on any atom is -0.307 e. The fourth-order valence-corrected chi connectivity index (χ4v) is 15.0. The SMILES string of the molecule is CCCCC(CC)CN1C(=O)/C(=C2\C(=O)N(CC(CC)CCCC)c3ncccc32)c2ccc(-c3ccc(-c4ccc(-c5ccc6c(c5)N(CC(CC)CCCC)C(=O)/C6=C5/C(=O)N(CC(CC)CCCC)c6ncccc65)s4)s3)cc21. The van der Waals surface area contributed by atoms with Crippen LogP contribution in [0, 0.1) is 23.7 Å². The smallest absolute Gasteiger partial charge is 0.261 e. The molecule has 4 unspecified atom stereocenters. The van der Waals surface area contributed by atoms with Crippen LogP contribution >= 0.6 is 22.7 Å². The van der Waals surface area contributed by atoms with E-state index >= 15 is 9.59 Å². The van der Waals surface area contributed by atoms with E-state index < -0.39 is 0 Å². The molecule has 4 aliphatic heterocycles. The molecular formula is C70H84N6O4S2. The monoisotopic (exact) mass is 1140 g/mol. The molecule has 0 fully saturated rings. The largest absolute Gasteiger partial charge is 0.307 e. The molecule has 8 heterocycles. The van der Waals surface area contributed by atoms with Gasteiger partial charge in [0.15, 0.2) is 0 Å². The summed E-state index contributed by atoms with van der Waals surface area (Å²) < 4.78 is 0. The number of anilines is 4. The van der Waals surface area contributed by atoms with Gasteiger partial charge in [0.25, 0.3) is 23.6 Å². The van der Waals surface area contributed by atoms with E-state index in [2.05, 4.69) is 116 Å². The van der Waals surface area contributed by atoms with Crippen LogP contribution in [0.4, 0.5) is 23.0 Å². The summed E-state index contributed by atoms with van der Waals surface area (Å²) in [6, 6.07) is 29.2. The molecule has 0 bridgehead atoms. The van der Waals surface area contributed by atoms with Gasteiger partial charge in [0.05, 0.1) is 33.7 Å². The zero-order chi connectivity index (χ0) is 57.6. The van der Waals surface area contributed by atoms with Gasteiger partial charge in [0.2, 0.25) is 0 Å². The third kappa shape index (κ3) is 11.5. The Bertz CT molecular complexity index is 3160. The third-order valence-electron chi connectivity index (χ3n) is 18.0. The van der Waals surface area contributed by atoms with E-state index in [0.717, 1.165) is 167 Å². The van der Waals surface area contributed by atoms with Crippen LogP contribution in [0.5, 0.6) is 0 Å². The van der Waals surface area contributed by atoms with E-state index in [1.165, 1.54) is 0 Å². The minimum absolute atomic E-state index is 0.105. The number of hydrogen-bond donors (Lipinski definition) is 0. The number of hydrogen-bond acceptors (Lipinski definition) is 8. The molecule has 12 heteroatoms. The Morgan fingerprint density at radius 2 is 0.695 bits per heavy atom. The first-order valence-corrected chi connectivity index (χ1v) is 32.8. The van der Waals surface area contributed by atoms with Crippen molar-refractivity contribution >= 4 is 91.6 Å². The molecule has 4 aliphatic rings. The van der Waals surface area contributed by atoms with Crippen molar-refractivity contribution in [1.82, 2.24) is 9.97 Å². The number of aromatic nitrogens is 2. The lowest BCUT2D eigenvalue weighted by Crippen LogP contribution is -2.34. The van der Waals surface area contributed by atoms with E-state index in [1.807, 2.05) is 43.9 Å². The Labute approximate surface area is 495 Å². The summed E-state index contributed by atoms with van der Waals surface area (Å²) in [6.07, 6.45) is 20.4. The average molecular weight is 1140 g/mol. The Hall–Kier alpha value is -6.50. The lowest BCUT2D eigenvalue weighted by molar-refractivity contribution is -0.114. The number of rotatable bonds is 27. The molecule has 10 rings (SSSR count). The van der Waals surface area contributed by atoms with Gasteiger partial charge in [-0.05, 0) is 121 Å². The van der Waals surface area contributed by atoms with Crippen LogP contribution in [0.1, 0.15) is 180 Å². The van der Waals surface area contributed by atoms with E-state index in [9.17, 15) is 9.59 Å². The Balaban J connectivity index is 0.982. The first kappa shape index (κ1) is 58.7. The maximum Gasteiger partial charge on any atom is 0.261 e. The number of fused-ring (bicyclic) bond motifs is 4. The van der Waals surface area contributed by atoms with Crippen LogP contribution in [0.15, 0.2) is 97.3 Å². The highest BCUT2D eigenvalue weighted by Crippen LogP contribution is 2.51. The molecule has 4 atom stereocenters. The van der Waals surface area contributed by atoms with Crippen LogP contribution in [-0.2, 0) is 19.2 Å². The number of amides is 4. The van der Waals surface area contributed by atoms with Crippen LogP contribution < -0.4 is 19.6 Å². The normalized spacial score (nSPS) is 18.0.